The fourth-order valence-corrected chi connectivity index (χ4v) is 3.65. The second-order valence-electron chi connectivity index (χ2n) is 6.94. The van der Waals surface area contributed by atoms with Gasteiger partial charge in [-0.05, 0) is 25.1 Å². The Morgan fingerprint density at radius 3 is 1.89 bits per heavy atom. The largest absolute Gasteiger partial charge is 0.293 e. The molecule has 0 atom stereocenters. The van der Waals surface area contributed by atoms with Crippen molar-refractivity contribution in [3.05, 3.63) is 71.3 Å². The zero-order chi connectivity index (χ0) is 19.3. The van der Waals surface area contributed by atoms with Gasteiger partial charge in [0.15, 0.2) is 11.6 Å². The number of benzene rings is 2. The summed E-state index contributed by atoms with van der Waals surface area (Å²) in [6.07, 6.45) is 0.648. The number of fused-ring (bicyclic) bond motifs is 1. The Hall–Kier alpha value is -2.41. The van der Waals surface area contributed by atoms with Gasteiger partial charge in [0, 0.05) is 17.5 Å². The highest BCUT2D eigenvalue weighted by Gasteiger charge is 2.52. The van der Waals surface area contributed by atoms with Gasteiger partial charge in [-0.25, -0.2) is 0 Å². The molecule has 28 heavy (non-hydrogen) atoms. The van der Waals surface area contributed by atoms with Crippen LogP contribution in [0.25, 0.3) is 0 Å². The highest BCUT2D eigenvalue weighted by Crippen LogP contribution is 2.42. The minimum Gasteiger partial charge on any atom is -0.293 e. The van der Waals surface area contributed by atoms with Gasteiger partial charge in [-0.15, -0.1) is 18.3 Å². The van der Waals surface area contributed by atoms with Crippen LogP contribution in [-0.4, -0.2) is 36.1 Å². The van der Waals surface area contributed by atoms with Crippen LogP contribution < -0.4 is 0 Å². The first kappa shape index (κ1) is 21.9. The van der Waals surface area contributed by atoms with Gasteiger partial charge < -0.3 is 0 Å². The lowest BCUT2D eigenvalue weighted by atomic mass is 9.74. The molecule has 0 fully saturated rings. The summed E-state index contributed by atoms with van der Waals surface area (Å²) in [7, 11) is 0. The third-order valence-electron chi connectivity index (χ3n) is 5.35. The van der Waals surface area contributed by atoms with Crippen LogP contribution in [0.4, 0.5) is 0 Å². The third kappa shape index (κ3) is 4.19. The monoisotopic (exact) mass is 395 g/mol. The van der Waals surface area contributed by atoms with Crippen molar-refractivity contribution in [3.63, 3.8) is 0 Å². The molecule has 4 heteroatoms. The summed E-state index contributed by atoms with van der Waals surface area (Å²) in [6.45, 7) is 6.72. The van der Waals surface area contributed by atoms with Gasteiger partial charge in [-0.1, -0.05) is 74.4 Å². The van der Waals surface area contributed by atoms with Gasteiger partial charge in [0.05, 0.1) is 6.54 Å². The van der Waals surface area contributed by atoms with Crippen LogP contribution in [-0.2, 0) is 6.42 Å². The van der Waals surface area contributed by atoms with Crippen LogP contribution >= 0.6 is 12.4 Å². The van der Waals surface area contributed by atoms with Crippen molar-refractivity contribution in [3.8, 4) is 11.8 Å². The maximum Gasteiger partial charge on any atom is 0.178 e. The van der Waals surface area contributed by atoms with Gasteiger partial charge in [0.25, 0.3) is 0 Å². The summed E-state index contributed by atoms with van der Waals surface area (Å²) in [5.41, 5.74) is 0.937. The molecular formula is C24H26ClNO2. The van der Waals surface area contributed by atoms with Crippen LogP contribution in [0.2, 0.25) is 0 Å². The molecule has 0 saturated heterocycles. The number of hydrogen-bond acceptors (Lipinski definition) is 3. The molecule has 0 aliphatic heterocycles. The molecule has 2 aromatic carbocycles. The standard InChI is InChI=1S/C24H25NO2.ClH/c1-3-25(4-2)17-11-10-16-24(18-19-12-6-5-7-13-19)22(26)20-14-8-9-15-21(20)23(24)27;/h5-9,12-15H,3-4,16-18H2,1-2H3;1H. The molecule has 0 saturated carbocycles. The molecule has 3 rings (SSSR count). The lowest BCUT2D eigenvalue weighted by Crippen LogP contribution is -2.35. The molecule has 0 unspecified atom stereocenters. The summed E-state index contributed by atoms with van der Waals surface area (Å²) in [5, 5.41) is 0. The number of Topliss-reactive ketones (excluding diaryl/α,β-unsaturated/α-hetero) is 2. The first-order chi connectivity index (χ1) is 13.1. The minimum atomic E-state index is -1.11. The summed E-state index contributed by atoms with van der Waals surface area (Å²) in [5.74, 6) is 6.13. The number of rotatable bonds is 6. The van der Waals surface area contributed by atoms with Gasteiger partial charge >= 0.3 is 0 Å². The average molecular weight is 396 g/mol. The number of nitrogens with zero attached hydrogens (tertiary/aromatic N) is 1. The molecule has 1 aliphatic carbocycles. The van der Waals surface area contributed by atoms with Gasteiger partial charge in [0.1, 0.15) is 5.41 Å². The lowest BCUT2D eigenvalue weighted by molar-refractivity contribution is 0.0702. The predicted octanol–water partition coefficient (Wildman–Crippen LogP) is 4.45. The van der Waals surface area contributed by atoms with E-state index in [4.69, 9.17) is 0 Å². The van der Waals surface area contributed by atoms with Crippen LogP contribution in [0.15, 0.2) is 54.6 Å². The zero-order valence-corrected chi connectivity index (χ0v) is 17.2. The molecule has 0 aromatic heterocycles. The van der Waals surface area contributed by atoms with E-state index in [0.717, 1.165) is 18.7 Å². The summed E-state index contributed by atoms with van der Waals surface area (Å²) in [4.78, 5) is 28.8. The van der Waals surface area contributed by atoms with E-state index in [2.05, 4.69) is 30.6 Å². The molecule has 1 aliphatic rings. The quantitative estimate of drug-likeness (QED) is 0.535. The Bertz CT molecular complexity index is 857. The molecule has 146 valence electrons. The number of carbonyl (C=O) groups excluding carboxylic acids is 2. The normalized spacial score (nSPS) is 14.2. The maximum absolute atomic E-state index is 13.3. The van der Waals surface area contributed by atoms with Crippen molar-refractivity contribution in [2.45, 2.75) is 26.7 Å². The Morgan fingerprint density at radius 1 is 0.821 bits per heavy atom. The average Bonchev–Trinajstić information content (AvgIpc) is 2.91. The van der Waals surface area contributed by atoms with Crippen LogP contribution in [0.3, 0.4) is 0 Å². The summed E-state index contributed by atoms with van der Waals surface area (Å²) >= 11 is 0. The van der Waals surface area contributed by atoms with E-state index in [1.54, 1.807) is 12.1 Å². The van der Waals surface area contributed by atoms with E-state index in [1.165, 1.54) is 0 Å². The van der Waals surface area contributed by atoms with E-state index < -0.39 is 5.41 Å². The first-order valence-corrected chi connectivity index (χ1v) is 9.53. The molecule has 0 heterocycles. The van der Waals surface area contributed by atoms with Crippen molar-refractivity contribution in [2.24, 2.45) is 5.41 Å². The van der Waals surface area contributed by atoms with E-state index in [1.807, 2.05) is 42.5 Å². The molecule has 0 amide bonds. The highest BCUT2D eigenvalue weighted by atomic mass is 35.5. The Morgan fingerprint density at radius 2 is 1.36 bits per heavy atom. The van der Waals surface area contributed by atoms with Crippen molar-refractivity contribution in [1.82, 2.24) is 4.90 Å². The fraction of sp³-hybridized carbons (Fsp3) is 0.333. The van der Waals surface area contributed by atoms with E-state index in [0.29, 0.717) is 24.1 Å². The van der Waals surface area contributed by atoms with Crippen LogP contribution in [0, 0.1) is 17.3 Å². The fourth-order valence-electron chi connectivity index (χ4n) is 3.65. The van der Waals surface area contributed by atoms with E-state index in [-0.39, 0.29) is 30.4 Å². The topological polar surface area (TPSA) is 37.4 Å². The second-order valence-corrected chi connectivity index (χ2v) is 6.94. The molecule has 0 N–H and O–H groups in total. The van der Waals surface area contributed by atoms with Gasteiger partial charge in [0.2, 0.25) is 0 Å². The van der Waals surface area contributed by atoms with Gasteiger partial charge in [-0.2, -0.15) is 0 Å². The Labute approximate surface area is 173 Å². The van der Waals surface area contributed by atoms with Crippen LogP contribution in [0.1, 0.15) is 46.5 Å². The summed E-state index contributed by atoms with van der Waals surface area (Å²) in [6, 6.07) is 16.9. The Balaban J connectivity index is 0.00000280. The summed E-state index contributed by atoms with van der Waals surface area (Å²) < 4.78 is 0. The molecule has 2 aromatic rings. The number of hydrogen-bond donors (Lipinski definition) is 0. The van der Waals surface area contributed by atoms with E-state index in [9.17, 15) is 9.59 Å². The maximum atomic E-state index is 13.3. The molecule has 3 nitrogen and oxygen atoms in total. The molecule has 0 spiro atoms. The number of ketones is 2. The zero-order valence-electron chi connectivity index (χ0n) is 16.4. The van der Waals surface area contributed by atoms with Crippen molar-refractivity contribution < 1.29 is 9.59 Å². The Kier molecular flexibility index (Phi) is 7.57. The van der Waals surface area contributed by atoms with Crippen molar-refractivity contribution in [1.29, 1.82) is 0 Å². The SMILES string of the molecule is CCN(CC)CC#CCC1(Cc2ccccc2)C(=O)c2ccccc2C1=O.Cl. The molecule has 0 bridgehead atoms. The second kappa shape index (κ2) is 9.68. The van der Waals surface area contributed by atoms with Gasteiger partial charge in [-0.3, -0.25) is 14.5 Å². The van der Waals surface area contributed by atoms with Crippen molar-refractivity contribution >= 4 is 24.0 Å². The van der Waals surface area contributed by atoms with Crippen LogP contribution in [0.5, 0.6) is 0 Å². The molecule has 0 radical (unpaired) electrons. The highest BCUT2D eigenvalue weighted by molar-refractivity contribution is 6.29. The number of halogens is 1. The first-order valence-electron chi connectivity index (χ1n) is 9.53. The lowest BCUT2D eigenvalue weighted by Gasteiger charge is -2.23. The van der Waals surface area contributed by atoms with E-state index >= 15 is 0 Å². The predicted molar refractivity (Wildman–Crippen MR) is 115 cm³/mol. The smallest absolute Gasteiger partial charge is 0.178 e. The van der Waals surface area contributed by atoms with Crippen molar-refractivity contribution in [2.75, 3.05) is 19.6 Å². The third-order valence-corrected chi connectivity index (χ3v) is 5.35. The number of carbonyl (C=O) groups is 2. The minimum absolute atomic E-state index is 0. The molecular weight excluding hydrogens is 370 g/mol.